The van der Waals surface area contributed by atoms with Gasteiger partial charge in [0.25, 0.3) is 0 Å². The summed E-state index contributed by atoms with van der Waals surface area (Å²) in [5.41, 5.74) is -0.230. The van der Waals surface area contributed by atoms with Crippen LogP contribution in [0.3, 0.4) is 0 Å². The average molecular weight is 280 g/mol. The largest absolute Gasteiger partial charge is 0.476 e. The van der Waals surface area contributed by atoms with Gasteiger partial charge in [-0.25, -0.2) is 4.79 Å². The number of carboxylic acid groups (broad SMARTS) is 1. The summed E-state index contributed by atoms with van der Waals surface area (Å²) in [4.78, 5) is 11.8. The van der Waals surface area contributed by atoms with Gasteiger partial charge in [-0.05, 0) is 13.8 Å². The number of hydrogen-bond donors (Lipinski definition) is 1. The monoisotopic (exact) mass is 280 g/mol. The lowest BCUT2D eigenvalue weighted by Gasteiger charge is -2.27. The molecular formula is C10H15F3N4O2. The van der Waals surface area contributed by atoms with E-state index in [4.69, 9.17) is 5.11 Å². The molecule has 0 aromatic carbocycles. The van der Waals surface area contributed by atoms with Crippen LogP contribution in [-0.2, 0) is 6.54 Å². The third-order valence-electron chi connectivity index (χ3n) is 2.49. The van der Waals surface area contributed by atoms with E-state index in [0.717, 1.165) is 0 Å². The highest BCUT2D eigenvalue weighted by Gasteiger charge is 2.31. The third kappa shape index (κ3) is 5.25. The van der Waals surface area contributed by atoms with Crippen molar-refractivity contribution in [1.82, 2.24) is 19.9 Å². The zero-order valence-corrected chi connectivity index (χ0v) is 10.6. The molecule has 1 heterocycles. The van der Waals surface area contributed by atoms with E-state index in [9.17, 15) is 18.0 Å². The number of carboxylic acids is 1. The summed E-state index contributed by atoms with van der Waals surface area (Å²) in [7, 11) is 0. The number of alkyl halides is 3. The Balaban J connectivity index is 2.58. The highest BCUT2D eigenvalue weighted by Crippen LogP contribution is 2.17. The van der Waals surface area contributed by atoms with Crippen LogP contribution in [0.25, 0.3) is 0 Å². The second-order valence-corrected chi connectivity index (χ2v) is 4.35. The predicted molar refractivity (Wildman–Crippen MR) is 59.7 cm³/mol. The topological polar surface area (TPSA) is 71.2 Å². The van der Waals surface area contributed by atoms with Crippen LogP contribution >= 0.6 is 0 Å². The van der Waals surface area contributed by atoms with Gasteiger partial charge in [0.2, 0.25) is 0 Å². The van der Waals surface area contributed by atoms with Crippen LogP contribution in [0.15, 0.2) is 6.20 Å². The van der Waals surface area contributed by atoms with Crippen molar-refractivity contribution in [2.45, 2.75) is 32.6 Å². The highest BCUT2D eigenvalue weighted by molar-refractivity contribution is 5.84. The molecule has 9 heteroatoms. The molecule has 1 aromatic heterocycles. The highest BCUT2D eigenvalue weighted by atomic mass is 19.4. The maximum atomic E-state index is 12.3. The SMILES string of the molecule is CC(C)N(CCn1cc(C(=O)O)nn1)CC(F)(F)F. The minimum Gasteiger partial charge on any atom is -0.476 e. The number of hydrogen-bond acceptors (Lipinski definition) is 4. The Bertz CT molecular complexity index is 431. The fourth-order valence-corrected chi connectivity index (χ4v) is 1.49. The molecule has 0 fully saturated rings. The van der Waals surface area contributed by atoms with Crippen LogP contribution in [0.5, 0.6) is 0 Å². The van der Waals surface area contributed by atoms with E-state index in [0.29, 0.717) is 0 Å². The number of aromatic carboxylic acids is 1. The molecule has 1 N–H and O–H groups in total. The molecule has 0 radical (unpaired) electrons. The van der Waals surface area contributed by atoms with E-state index < -0.39 is 18.7 Å². The summed E-state index contributed by atoms with van der Waals surface area (Å²) in [6.07, 6.45) is -3.08. The van der Waals surface area contributed by atoms with Gasteiger partial charge in [-0.3, -0.25) is 9.58 Å². The molecule has 0 saturated heterocycles. The number of halogens is 3. The summed E-state index contributed by atoms with van der Waals surface area (Å²) < 4.78 is 38.3. The zero-order chi connectivity index (χ0) is 14.6. The molecule has 1 aromatic rings. The maximum Gasteiger partial charge on any atom is 0.401 e. The smallest absolute Gasteiger partial charge is 0.401 e. The molecule has 0 aliphatic rings. The van der Waals surface area contributed by atoms with Gasteiger partial charge in [-0.1, -0.05) is 5.21 Å². The normalized spacial score (nSPS) is 12.4. The first kappa shape index (κ1) is 15.4. The van der Waals surface area contributed by atoms with Gasteiger partial charge in [0.05, 0.1) is 19.3 Å². The van der Waals surface area contributed by atoms with Gasteiger partial charge in [0.15, 0.2) is 5.69 Å². The fraction of sp³-hybridized carbons (Fsp3) is 0.700. The second kappa shape index (κ2) is 6.00. The van der Waals surface area contributed by atoms with Gasteiger partial charge < -0.3 is 5.11 Å². The van der Waals surface area contributed by atoms with Gasteiger partial charge in [-0.2, -0.15) is 13.2 Å². The molecule has 19 heavy (non-hydrogen) atoms. The Labute approximate surface area is 107 Å². The van der Waals surface area contributed by atoms with Crippen molar-refractivity contribution < 1.29 is 23.1 Å². The Morgan fingerprint density at radius 1 is 1.53 bits per heavy atom. The molecule has 6 nitrogen and oxygen atoms in total. The first-order valence-corrected chi connectivity index (χ1v) is 5.63. The van der Waals surface area contributed by atoms with E-state index >= 15 is 0 Å². The van der Waals surface area contributed by atoms with Crippen LogP contribution in [0.2, 0.25) is 0 Å². The summed E-state index contributed by atoms with van der Waals surface area (Å²) in [5, 5.41) is 15.6. The lowest BCUT2D eigenvalue weighted by molar-refractivity contribution is -0.149. The Kier molecular flexibility index (Phi) is 4.87. The van der Waals surface area contributed by atoms with E-state index in [1.807, 2.05) is 0 Å². The molecule has 1 rings (SSSR count). The Hall–Kier alpha value is -1.64. The van der Waals surface area contributed by atoms with Crippen molar-refractivity contribution in [2.75, 3.05) is 13.1 Å². The molecule has 0 atom stereocenters. The van der Waals surface area contributed by atoms with Gasteiger partial charge in [-0.15, -0.1) is 5.10 Å². The predicted octanol–water partition coefficient (Wildman–Crippen LogP) is 1.25. The first-order chi connectivity index (χ1) is 8.69. The molecule has 0 unspecified atom stereocenters. The number of rotatable bonds is 6. The molecule has 0 aliphatic carbocycles. The van der Waals surface area contributed by atoms with E-state index in [2.05, 4.69) is 10.3 Å². The molecule has 0 saturated carbocycles. The minimum absolute atomic E-state index is 0.111. The van der Waals surface area contributed by atoms with Crippen LogP contribution < -0.4 is 0 Å². The van der Waals surface area contributed by atoms with Gasteiger partial charge >= 0.3 is 12.1 Å². The number of nitrogens with zero attached hydrogens (tertiary/aromatic N) is 4. The second-order valence-electron chi connectivity index (χ2n) is 4.35. The van der Waals surface area contributed by atoms with Crippen molar-refractivity contribution >= 4 is 5.97 Å². The van der Waals surface area contributed by atoms with Crippen molar-refractivity contribution in [3.05, 3.63) is 11.9 Å². The first-order valence-electron chi connectivity index (χ1n) is 5.63. The molecule has 0 bridgehead atoms. The van der Waals surface area contributed by atoms with E-state index in [1.165, 1.54) is 15.8 Å². The van der Waals surface area contributed by atoms with Crippen LogP contribution in [0.4, 0.5) is 13.2 Å². The molecule has 108 valence electrons. The number of carbonyl (C=O) groups is 1. The fourth-order valence-electron chi connectivity index (χ4n) is 1.49. The summed E-state index contributed by atoms with van der Waals surface area (Å²) in [5.74, 6) is -1.22. The maximum absolute atomic E-state index is 12.3. The van der Waals surface area contributed by atoms with E-state index in [-0.39, 0.29) is 24.8 Å². The minimum atomic E-state index is -4.27. The standard InChI is InChI=1S/C10H15F3N4O2/c1-7(2)16(6-10(11,12)13)3-4-17-5-8(9(18)19)14-15-17/h5,7H,3-4,6H2,1-2H3,(H,18,19). The van der Waals surface area contributed by atoms with Crippen LogP contribution in [-0.4, -0.2) is 56.3 Å². The average Bonchev–Trinajstić information content (AvgIpc) is 2.71. The van der Waals surface area contributed by atoms with Gasteiger partial charge in [0.1, 0.15) is 0 Å². The van der Waals surface area contributed by atoms with Gasteiger partial charge in [0, 0.05) is 12.6 Å². The summed E-state index contributed by atoms with van der Waals surface area (Å²) in [6, 6.07) is -0.274. The van der Waals surface area contributed by atoms with Crippen LogP contribution in [0, 0.1) is 0 Å². The molecule has 0 amide bonds. The quantitative estimate of drug-likeness (QED) is 0.849. The molecule has 0 spiro atoms. The van der Waals surface area contributed by atoms with E-state index in [1.54, 1.807) is 13.8 Å². The summed E-state index contributed by atoms with van der Waals surface area (Å²) in [6.45, 7) is 2.57. The lowest BCUT2D eigenvalue weighted by atomic mass is 10.3. The van der Waals surface area contributed by atoms with Crippen LogP contribution in [0.1, 0.15) is 24.3 Å². The van der Waals surface area contributed by atoms with Crippen molar-refractivity contribution in [3.63, 3.8) is 0 Å². The summed E-state index contributed by atoms with van der Waals surface area (Å²) >= 11 is 0. The molecular weight excluding hydrogens is 265 g/mol. The third-order valence-corrected chi connectivity index (χ3v) is 2.49. The Morgan fingerprint density at radius 3 is 2.58 bits per heavy atom. The number of aromatic nitrogens is 3. The zero-order valence-electron chi connectivity index (χ0n) is 10.6. The lowest BCUT2D eigenvalue weighted by Crippen LogP contribution is -2.40. The molecule has 0 aliphatic heterocycles. The van der Waals surface area contributed by atoms with Crippen molar-refractivity contribution in [3.8, 4) is 0 Å². The Morgan fingerprint density at radius 2 is 2.16 bits per heavy atom. The van der Waals surface area contributed by atoms with Crippen molar-refractivity contribution in [1.29, 1.82) is 0 Å². The van der Waals surface area contributed by atoms with Crippen molar-refractivity contribution in [2.24, 2.45) is 0 Å².